The highest BCUT2D eigenvalue weighted by Crippen LogP contribution is 2.24. The molecule has 6 heteroatoms. The third-order valence-electron chi connectivity index (χ3n) is 3.42. The Morgan fingerprint density at radius 2 is 2.00 bits per heavy atom. The van der Waals surface area contributed by atoms with E-state index >= 15 is 0 Å². The summed E-state index contributed by atoms with van der Waals surface area (Å²) >= 11 is 0. The molecule has 0 aromatic carbocycles. The lowest BCUT2D eigenvalue weighted by molar-refractivity contribution is -0.122. The molecule has 0 bridgehead atoms. The summed E-state index contributed by atoms with van der Waals surface area (Å²) in [6.07, 6.45) is 0.744. The fourth-order valence-electron chi connectivity index (χ4n) is 2.20. The minimum Gasteiger partial charge on any atom is -0.355 e. The average molecular weight is 318 g/mol. The maximum atomic E-state index is 12.5. The van der Waals surface area contributed by atoms with E-state index in [-0.39, 0.29) is 17.2 Å². The zero-order valence-corrected chi connectivity index (χ0v) is 14.8. The maximum absolute atomic E-state index is 12.5. The quantitative estimate of drug-likeness (QED) is 0.645. The molecule has 0 aliphatic rings. The van der Waals surface area contributed by atoms with Gasteiger partial charge in [-0.15, -0.1) is 0 Å². The lowest BCUT2D eigenvalue weighted by Gasteiger charge is -2.23. The highest BCUT2D eigenvalue weighted by Gasteiger charge is 2.31. The zero-order valence-electron chi connectivity index (χ0n) is 14.8. The molecule has 126 valence electrons. The topological polar surface area (TPSA) is 87.8 Å². The number of nitrogens with zero attached hydrogens (tertiary/aromatic N) is 3. The Labute approximate surface area is 137 Å². The van der Waals surface area contributed by atoms with E-state index in [1.807, 2.05) is 41.5 Å². The molecule has 1 unspecified atom stereocenters. The molecule has 1 heterocycles. The summed E-state index contributed by atoms with van der Waals surface area (Å²) in [7, 11) is 0. The molecule has 1 amide bonds. The van der Waals surface area contributed by atoms with Crippen LogP contribution in [0.2, 0.25) is 0 Å². The van der Waals surface area contributed by atoms with Crippen molar-refractivity contribution in [2.45, 2.75) is 59.4 Å². The number of amides is 1. The molecule has 1 N–H and O–H groups in total. The Morgan fingerprint density at radius 3 is 2.39 bits per heavy atom. The number of aromatic nitrogens is 2. The number of ketones is 1. The summed E-state index contributed by atoms with van der Waals surface area (Å²) in [6, 6.07) is 3.49. The van der Waals surface area contributed by atoms with E-state index in [2.05, 4.69) is 10.4 Å². The van der Waals surface area contributed by atoms with Crippen molar-refractivity contribution in [1.29, 1.82) is 5.26 Å². The first-order valence-electron chi connectivity index (χ1n) is 7.95. The van der Waals surface area contributed by atoms with Crippen molar-refractivity contribution in [2.24, 2.45) is 5.92 Å². The molecule has 1 aromatic heterocycles. The van der Waals surface area contributed by atoms with E-state index in [0.29, 0.717) is 6.54 Å². The lowest BCUT2D eigenvalue weighted by atomic mass is 10.0. The summed E-state index contributed by atoms with van der Waals surface area (Å²) < 4.78 is 1.79. The fraction of sp³-hybridized carbons (Fsp3) is 0.647. The highest BCUT2D eigenvalue weighted by molar-refractivity contribution is 6.11. The van der Waals surface area contributed by atoms with Gasteiger partial charge in [-0.05, 0) is 39.2 Å². The smallest absolute Gasteiger partial charge is 0.245 e. The summed E-state index contributed by atoms with van der Waals surface area (Å²) in [6.45, 7) is 12.4. The maximum Gasteiger partial charge on any atom is 0.245 e. The van der Waals surface area contributed by atoms with Crippen molar-refractivity contribution < 1.29 is 9.59 Å². The van der Waals surface area contributed by atoms with E-state index in [1.165, 1.54) is 0 Å². The Kier molecular flexibility index (Phi) is 6.08. The summed E-state index contributed by atoms with van der Waals surface area (Å²) in [5.74, 6) is -2.29. The second-order valence-corrected chi connectivity index (χ2v) is 6.91. The molecule has 0 aliphatic heterocycles. The van der Waals surface area contributed by atoms with E-state index < -0.39 is 17.6 Å². The van der Waals surface area contributed by atoms with Gasteiger partial charge in [-0.1, -0.05) is 20.8 Å². The number of nitrogens with one attached hydrogen (secondary N) is 1. The van der Waals surface area contributed by atoms with E-state index in [4.69, 9.17) is 0 Å². The van der Waals surface area contributed by atoms with Gasteiger partial charge in [-0.2, -0.15) is 10.4 Å². The Morgan fingerprint density at radius 1 is 1.39 bits per heavy atom. The number of hydrogen-bond donors (Lipinski definition) is 1. The number of rotatable bonds is 6. The van der Waals surface area contributed by atoms with Crippen molar-refractivity contribution in [2.75, 3.05) is 6.54 Å². The van der Waals surface area contributed by atoms with Gasteiger partial charge in [0.15, 0.2) is 5.92 Å². The molecule has 0 aliphatic carbocycles. The molecule has 1 atom stereocenters. The van der Waals surface area contributed by atoms with Gasteiger partial charge in [0, 0.05) is 12.2 Å². The molecule has 1 rings (SSSR count). The second-order valence-electron chi connectivity index (χ2n) is 6.91. The van der Waals surface area contributed by atoms with Crippen molar-refractivity contribution in [3.8, 4) is 6.07 Å². The molecule has 0 saturated carbocycles. The predicted octanol–water partition coefficient (Wildman–Crippen LogP) is 2.61. The van der Waals surface area contributed by atoms with Gasteiger partial charge in [0.05, 0.1) is 11.6 Å². The van der Waals surface area contributed by atoms with E-state index in [1.54, 1.807) is 16.8 Å². The summed E-state index contributed by atoms with van der Waals surface area (Å²) in [5, 5.41) is 16.2. The van der Waals surface area contributed by atoms with Crippen LogP contribution in [0.15, 0.2) is 6.07 Å². The van der Waals surface area contributed by atoms with Crippen molar-refractivity contribution in [1.82, 2.24) is 15.1 Å². The van der Waals surface area contributed by atoms with Gasteiger partial charge in [0.25, 0.3) is 0 Å². The minimum absolute atomic E-state index is 0.168. The number of Topliss-reactive ketones (excluding diaryl/α,β-unsaturated/α-hetero) is 1. The fourth-order valence-corrected chi connectivity index (χ4v) is 2.20. The van der Waals surface area contributed by atoms with Gasteiger partial charge >= 0.3 is 0 Å². The van der Waals surface area contributed by atoms with Crippen LogP contribution in [-0.4, -0.2) is 28.0 Å². The summed E-state index contributed by atoms with van der Waals surface area (Å²) in [4.78, 5) is 24.5. The molecular formula is C17H26N4O2. The lowest BCUT2D eigenvalue weighted by Crippen LogP contribution is -2.35. The zero-order chi connectivity index (χ0) is 17.8. The van der Waals surface area contributed by atoms with Gasteiger partial charge < -0.3 is 5.32 Å². The van der Waals surface area contributed by atoms with Crippen LogP contribution in [0.4, 0.5) is 0 Å². The van der Waals surface area contributed by atoms with Gasteiger partial charge in [0.2, 0.25) is 11.7 Å². The SMILES string of the molecule is CCCNC(=O)C(C#N)C(=O)c1cc(C(C)C)n(C(C)(C)C)n1. The molecular weight excluding hydrogens is 292 g/mol. The van der Waals surface area contributed by atoms with Crippen molar-refractivity contribution in [3.63, 3.8) is 0 Å². The Bertz CT molecular complexity index is 618. The minimum atomic E-state index is -1.36. The van der Waals surface area contributed by atoms with Crippen LogP contribution in [-0.2, 0) is 10.3 Å². The molecule has 0 fully saturated rings. The highest BCUT2D eigenvalue weighted by atomic mass is 16.2. The first-order valence-corrected chi connectivity index (χ1v) is 7.95. The van der Waals surface area contributed by atoms with Crippen molar-refractivity contribution >= 4 is 11.7 Å². The van der Waals surface area contributed by atoms with Crippen LogP contribution in [0, 0.1) is 17.2 Å². The standard InChI is InChI=1S/C17H26N4O2/c1-7-8-19-16(23)12(10-18)15(22)13-9-14(11(2)3)21(20-13)17(4,5)6/h9,11-12H,7-8H2,1-6H3,(H,19,23). The third kappa shape index (κ3) is 4.41. The van der Waals surface area contributed by atoms with Crippen LogP contribution in [0.1, 0.15) is 70.1 Å². The van der Waals surface area contributed by atoms with E-state index in [0.717, 1.165) is 12.1 Å². The number of hydrogen-bond acceptors (Lipinski definition) is 4. The number of carbonyl (C=O) groups excluding carboxylic acids is 2. The first-order chi connectivity index (χ1) is 10.6. The Balaban J connectivity index is 3.17. The number of nitriles is 1. The molecule has 6 nitrogen and oxygen atoms in total. The van der Waals surface area contributed by atoms with Crippen LogP contribution in [0.3, 0.4) is 0 Å². The monoisotopic (exact) mass is 318 g/mol. The van der Waals surface area contributed by atoms with Gasteiger partial charge in [0.1, 0.15) is 5.69 Å². The molecule has 0 radical (unpaired) electrons. The summed E-state index contributed by atoms with van der Waals surface area (Å²) in [5.41, 5.74) is 0.790. The molecule has 1 aromatic rings. The predicted molar refractivity (Wildman–Crippen MR) is 88.0 cm³/mol. The Hall–Kier alpha value is -2.16. The third-order valence-corrected chi connectivity index (χ3v) is 3.42. The number of carbonyl (C=O) groups is 2. The van der Waals surface area contributed by atoms with Gasteiger partial charge in [-0.25, -0.2) is 0 Å². The van der Waals surface area contributed by atoms with Crippen molar-refractivity contribution in [3.05, 3.63) is 17.5 Å². The van der Waals surface area contributed by atoms with Crippen LogP contribution in [0.5, 0.6) is 0 Å². The first kappa shape index (κ1) is 18.9. The van der Waals surface area contributed by atoms with Crippen LogP contribution < -0.4 is 5.32 Å². The molecule has 0 saturated heterocycles. The van der Waals surface area contributed by atoms with Gasteiger partial charge in [-0.3, -0.25) is 14.3 Å². The average Bonchev–Trinajstić information content (AvgIpc) is 2.91. The largest absolute Gasteiger partial charge is 0.355 e. The molecule has 0 spiro atoms. The molecule has 23 heavy (non-hydrogen) atoms. The normalized spacial score (nSPS) is 12.8. The van der Waals surface area contributed by atoms with Crippen LogP contribution in [0.25, 0.3) is 0 Å². The van der Waals surface area contributed by atoms with Crippen LogP contribution >= 0.6 is 0 Å². The van der Waals surface area contributed by atoms with E-state index in [9.17, 15) is 14.9 Å². The second kappa shape index (κ2) is 7.40.